The van der Waals surface area contributed by atoms with Gasteiger partial charge in [0, 0.05) is 12.1 Å². The van der Waals surface area contributed by atoms with Crippen molar-refractivity contribution in [2.24, 2.45) is 0 Å². The van der Waals surface area contributed by atoms with Crippen molar-refractivity contribution >= 4 is 28.8 Å². The molecular formula is C12H17ClN2OS. The third-order valence-corrected chi connectivity index (χ3v) is 4.63. The first-order valence-corrected chi connectivity index (χ1v) is 7.17. The summed E-state index contributed by atoms with van der Waals surface area (Å²) in [7, 11) is 2.00. The lowest BCUT2D eigenvalue weighted by molar-refractivity contribution is 0.0929. The largest absolute Gasteiger partial charge is 0.349 e. The molecule has 2 N–H and O–H groups in total. The van der Waals surface area contributed by atoms with E-state index >= 15 is 0 Å². The van der Waals surface area contributed by atoms with Crippen LogP contribution in [-0.4, -0.2) is 25.0 Å². The smallest absolute Gasteiger partial charge is 0.263 e. The monoisotopic (exact) mass is 272 g/mol. The summed E-state index contributed by atoms with van der Waals surface area (Å²) in [6.07, 6.45) is 4.33. The average Bonchev–Trinajstić information content (AvgIpc) is 2.76. The SMILES string of the molecule is CNC1CCC(NC(=O)c2sccc2Cl)CC1. The maximum absolute atomic E-state index is 11.9. The van der Waals surface area contributed by atoms with Crippen molar-refractivity contribution in [3.8, 4) is 0 Å². The second-order valence-corrected chi connectivity index (χ2v) is 5.73. The number of hydrogen-bond donors (Lipinski definition) is 2. The maximum Gasteiger partial charge on any atom is 0.263 e. The van der Waals surface area contributed by atoms with Crippen LogP contribution in [0, 0.1) is 0 Å². The first-order chi connectivity index (χ1) is 8.20. The fourth-order valence-corrected chi connectivity index (χ4v) is 3.28. The topological polar surface area (TPSA) is 41.1 Å². The third kappa shape index (κ3) is 3.21. The minimum absolute atomic E-state index is 0.0297. The normalized spacial score (nSPS) is 24.6. The van der Waals surface area contributed by atoms with E-state index < -0.39 is 0 Å². The number of thiophene rings is 1. The highest BCUT2D eigenvalue weighted by Gasteiger charge is 2.22. The quantitative estimate of drug-likeness (QED) is 0.888. The lowest BCUT2D eigenvalue weighted by Gasteiger charge is -2.28. The van der Waals surface area contributed by atoms with Gasteiger partial charge in [-0.15, -0.1) is 11.3 Å². The number of carbonyl (C=O) groups excluding carboxylic acids is 1. The van der Waals surface area contributed by atoms with E-state index in [1.165, 1.54) is 11.3 Å². The van der Waals surface area contributed by atoms with Gasteiger partial charge in [0.05, 0.1) is 5.02 Å². The van der Waals surface area contributed by atoms with Crippen LogP contribution >= 0.6 is 22.9 Å². The van der Waals surface area contributed by atoms with Crippen LogP contribution in [0.2, 0.25) is 5.02 Å². The fraction of sp³-hybridized carbons (Fsp3) is 0.583. The molecule has 17 heavy (non-hydrogen) atoms. The number of halogens is 1. The van der Waals surface area contributed by atoms with Gasteiger partial charge in [-0.1, -0.05) is 11.6 Å². The molecule has 0 aliphatic heterocycles. The lowest BCUT2D eigenvalue weighted by Crippen LogP contribution is -2.41. The Morgan fingerprint density at radius 3 is 2.53 bits per heavy atom. The molecule has 1 saturated carbocycles. The van der Waals surface area contributed by atoms with Crippen LogP contribution < -0.4 is 10.6 Å². The van der Waals surface area contributed by atoms with Crippen LogP contribution in [-0.2, 0) is 0 Å². The van der Waals surface area contributed by atoms with E-state index in [1.54, 1.807) is 6.07 Å². The molecule has 3 nitrogen and oxygen atoms in total. The summed E-state index contributed by atoms with van der Waals surface area (Å²) >= 11 is 7.33. The summed E-state index contributed by atoms with van der Waals surface area (Å²) in [6.45, 7) is 0. The van der Waals surface area contributed by atoms with E-state index in [1.807, 2.05) is 12.4 Å². The zero-order chi connectivity index (χ0) is 12.3. The second-order valence-electron chi connectivity index (χ2n) is 4.41. The minimum atomic E-state index is -0.0297. The van der Waals surface area contributed by atoms with Gasteiger partial charge in [0.25, 0.3) is 5.91 Å². The molecular weight excluding hydrogens is 256 g/mol. The molecule has 0 saturated heterocycles. The third-order valence-electron chi connectivity index (χ3n) is 3.29. The molecule has 5 heteroatoms. The molecule has 1 aromatic rings. The Hall–Kier alpha value is -0.580. The van der Waals surface area contributed by atoms with Crippen LogP contribution in [0.3, 0.4) is 0 Å². The van der Waals surface area contributed by atoms with Gasteiger partial charge in [-0.05, 0) is 44.2 Å². The van der Waals surface area contributed by atoms with Crippen molar-refractivity contribution in [1.82, 2.24) is 10.6 Å². The zero-order valence-electron chi connectivity index (χ0n) is 9.83. The summed E-state index contributed by atoms with van der Waals surface area (Å²) in [5.74, 6) is -0.0297. The molecule has 1 aliphatic rings. The highest BCUT2D eigenvalue weighted by molar-refractivity contribution is 7.12. The number of hydrogen-bond acceptors (Lipinski definition) is 3. The van der Waals surface area contributed by atoms with Gasteiger partial charge in [-0.25, -0.2) is 0 Å². The van der Waals surface area contributed by atoms with E-state index in [4.69, 9.17) is 11.6 Å². The summed E-state index contributed by atoms with van der Waals surface area (Å²) in [4.78, 5) is 12.6. The van der Waals surface area contributed by atoms with Gasteiger partial charge in [0.2, 0.25) is 0 Å². The highest BCUT2D eigenvalue weighted by Crippen LogP contribution is 2.23. The van der Waals surface area contributed by atoms with Crippen molar-refractivity contribution in [2.45, 2.75) is 37.8 Å². The molecule has 1 aromatic heterocycles. The predicted octanol–water partition coefficient (Wildman–Crippen LogP) is 2.66. The van der Waals surface area contributed by atoms with Gasteiger partial charge in [-0.3, -0.25) is 4.79 Å². The molecule has 0 atom stereocenters. The summed E-state index contributed by atoms with van der Waals surface area (Å²) in [5.41, 5.74) is 0. The Bertz CT molecular complexity index is 386. The van der Waals surface area contributed by atoms with E-state index in [2.05, 4.69) is 10.6 Å². The zero-order valence-corrected chi connectivity index (χ0v) is 11.4. The Morgan fingerprint density at radius 2 is 2.00 bits per heavy atom. The molecule has 0 spiro atoms. The molecule has 1 aliphatic carbocycles. The first-order valence-electron chi connectivity index (χ1n) is 5.92. The van der Waals surface area contributed by atoms with Crippen LogP contribution in [0.15, 0.2) is 11.4 Å². The van der Waals surface area contributed by atoms with E-state index in [0.717, 1.165) is 25.7 Å². The molecule has 1 heterocycles. The van der Waals surface area contributed by atoms with Crippen molar-refractivity contribution in [3.05, 3.63) is 21.3 Å². The number of carbonyl (C=O) groups is 1. The second kappa shape index (κ2) is 5.85. The predicted molar refractivity (Wildman–Crippen MR) is 71.9 cm³/mol. The Morgan fingerprint density at radius 1 is 1.35 bits per heavy atom. The first kappa shape index (κ1) is 12.9. The molecule has 0 unspecified atom stereocenters. The molecule has 94 valence electrons. The maximum atomic E-state index is 11.9. The van der Waals surface area contributed by atoms with Crippen molar-refractivity contribution in [1.29, 1.82) is 0 Å². The molecule has 2 rings (SSSR count). The molecule has 0 aromatic carbocycles. The Labute approximate surface area is 111 Å². The lowest BCUT2D eigenvalue weighted by atomic mass is 9.91. The average molecular weight is 273 g/mol. The van der Waals surface area contributed by atoms with Gasteiger partial charge < -0.3 is 10.6 Å². The standard InChI is InChI=1S/C12H17ClN2OS/c1-14-8-2-4-9(5-3-8)15-12(16)11-10(13)6-7-17-11/h6-9,14H,2-5H2,1H3,(H,15,16). The summed E-state index contributed by atoms with van der Waals surface area (Å²) in [6, 6.07) is 2.66. The van der Waals surface area contributed by atoms with Crippen molar-refractivity contribution in [3.63, 3.8) is 0 Å². The fourth-order valence-electron chi connectivity index (χ4n) is 2.23. The molecule has 0 radical (unpaired) electrons. The summed E-state index contributed by atoms with van der Waals surface area (Å²) < 4.78 is 0. The molecule has 1 fully saturated rings. The van der Waals surface area contributed by atoms with Crippen LogP contribution in [0.4, 0.5) is 0 Å². The Kier molecular flexibility index (Phi) is 4.42. The highest BCUT2D eigenvalue weighted by atomic mass is 35.5. The van der Waals surface area contributed by atoms with Gasteiger partial charge >= 0.3 is 0 Å². The number of nitrogens with one attached hydrogen (secondary N) is 2. The minimum Gasteiger partial charge on any atom is -0.349 e. The van der Waals surface area contributed by atoms with Gasteiger partial charge in [0.1, 0.15) is 4.88 Å². The van der Waals surface area contributed by atoms with Crippen LogP contribution in [0.5, 0.6) is 0 Å². The summed E-state index contributed by atoms with van der Waals surface area (Å²) in [5, 5.41) is 8.74. The van der Waals surface area contributed by atoms with E-state index in [9.17, 15) is 4.79 Å². The van der Waals surface area contributed by atoms with E-state index in [-0.39, 0.29) is 5.91 Å². The molecule has 0 bridgehead atoms. The number of rotatable bonds is 3. The Balaban J connectivity index is 1.86. The molecule has 1 amide bonds. The van der Waals surface area contributed by atoms with Crippen LogP contribution in [0.1, 0.15) is 35.4 Å². The number of amides is 1. The van der Waals surface area contributed by atoms with E-state index in [0.29, 0.717) is 22.0 Å². The van der Waals surface area contributed by atoms with Crippen molar-refractivity contribution < 1.29 is 4.79 Å². The van der Waals surface area contributed by atoms with Gasteiger partial charge in [-0.2, -0.15) is 0 Å². The van der Waals surface area contributed by atoms with Crippen molar-refractivity contribution in [2.75, 3.05) is 7.05 Å². The van der Waals surface area contributed by atoms with Crippen LogP contribution in [0.25, 0.3) is 0 Å². The van der Waals surface area contributed by atoms with Gasteiger partial charge in [0.15, 0.2) is 0 Å².